The van der Waals surface area contributed by atoms with Gasteiger partial charge in [0.2, 0.25) is 0 Å². The minimum Gasteiger partial charge on any atom is -0.386 e. The molecule has 0 aliphatic rings. The normalized spacial score (nSPS) is 12.3. The average Bonchev–Trinajstić information content (AvgIpc) is 2.52. The molecule has 23 heavy (non-hydrogen) atoms. The third-order valence-corrected chi connectivity index (χ3v) is 3.54. The van der Waals surface area contributed by atoms with Crippen LogP contribution in [-0.4, -0.2) is 21.6 Å². The Balaban J connectivity index is 1.81. The fourth-order valence-corrected chi connectivity index (χ4v) is 2.38. The maximum atomic E-state index is 13.7. The molecule has 0 spiro atoms. The second kappa shape index (κ2) is 6.26. The lowest BCUT2D eigenvalue weighted by atomic mass is 10.1. The van der Waals surface area contributed by atoms with Crippen molar-refractivity contribution in [2.24, 2.45) is 0 Å². The molecule has 6 heteroatoms. The number of anilines is 1. The molecule has 3 rings (SSSR count). The van der Waals surface area contributed by atoms with Gasteiger partial charge in [0.15, 0.2) is 0 Å². The molecule has 0 aliphatic carbocycles. The lowest BCUT2D eigenvalue weighted by Crippen LogP contribution is -2.16. The predicted octanol–water partition coefficient (Wildman–Crippen LogP) is 3.36. The first kappa shape index (κ1) is 15.3. The zero-order valence-electron chi connectivity index (χ0n) is 12.4. The Bertz CT molecular complexity index is 834. The van der Waals surface area contributed by atoms with Gasteiger partial charge < -0.3 is 10.4 Å². The monoisotopic (exact) mass is 315 g/mol. The summed E-state index contributed by atoms with van der Waals surface area (Å²) in [5.74, 6) is -1.08. The van der Waals surface area contributed by atoms with Crippen molar-refractivity contribution in [1.29, 1.82) is 0 Å². The van der Waals surface area contributed by atoms with Gasteiger partial charge in [0, 0.05) is 6.54 Å². The first-order valence-electron chi connectivity index (χ1n) is 7.15. The maximum Gasteiger partial charge on any atom is 0.148 e. The molecule has 1 atom stereocenters. The van der Waals surface area contributed by atoms with Crippen LogP contribution in [0.5, 0.6) is 0 Å². The Labute approximate surface area is 131 Å². The summed E-state index contributed by atoms with van der Waals surface area (Å²) in [5, 5.41) is 13.0. The Hall–Kier alpha value is -2.60. The van der Waals surface area contributed by atoms with E-state index in [0.29, 0.717) is 17.0 Å². The zero-order valence-corrected chi connectivity index (χ0v) is 12.4. The van der Waals surface area contributed by atoms with Gasteiger partial charge in [0.25, 0.3) is 0 Å². The summed E-state index contributed by atoms with van der Waals surface area (Å²) < 4.78 is 27.3. The number of benzene rings is 2. The number of aryl methyl sites for hydroxylation is 1. The summed E-state index contributed by atoms with van der Waals surface area (Å²) in [7, 11) is 0. The van der Waals surface area contributed by atoms with Gasteiger partial charge in [-0.25, -0.2) is 18.7 Å². The first-order valence-corrected chi connectivity index (χ1v) is 7.15. The van der Waals surface area contributed by atoms with Gasteiger partial charge in [0.05, 0.1) is 22.3 Å². The van der Waals surface area contributed by atoms with Crippen LogP contribution in [0.25, 0.3) is 11.0 Å². The summed E-state index contributed by atoms with van der Waals surface area (Å²) >= 11 is 0. The molecule has 1 heterocycles. The number of halogens is 2. The molecule has 118 valence electrons. The zero-order chi connectivity index (χ0) is 16.4. The van der Waals surface area contributed by atoms with Gasteiger partial charge in [0.1, 0.15) is 23.6 Å². The van der Waals surface area contributed by atoms with Crippen LogP contribution in [0.4, 0.5) is 14.6 Å². The third-order valence-electron chi connectivity index (χ3n) is 3.54. The van der Waals surface area contributed by atoms with Gasteiger partial charge in [-0.1, -0.05) is 18.2 Å². The number of aliphatic hydroxyl groups excluding tert-OH is 1. The summed E-state index contributed by atoms with van der Waals surface area (Å²) in [5.41, 5.74) is 1.75. The molecule has 0 aliphatic heterocycles. The topological polar surface area (TPSA) is 58.0 Å². The smallest absolute Gasteiger partial charge is 0.148 e. The standard InChI is InChI=1S/C17H15F2N3O/c1-10-17(22-14-8-3-2-7-13(14)21-10)20-9-15(23)16-11(18)5-4-6-12(16)19/h2-8,15,23H,9H2,1H3,(H,20,22). The molecule has 1 unspecified atom stereocenters. The van der Waals surface area contributed by atoms with E-state index in [1.807, 2.05) is 24.3 Å². The molecule has 3 aromatic rings. The van der Waals surface area contributed by atoms with Crippen LogP contribution < -0.4 is 5.32 Å². The highest BCUT2D eigenvalue weighted by molar-refractivity contribution is 5.76. The van der Waals surface area contributed by atoms with Crippen molar-refractivity contribution in [1.82, 2.24) is 9.97 Å². The van der Waals surface area contributed by atoms with Gasteiger partial charge in [-0.15, -0.1) is 0 Å². The van der Waals surface area contributed by atoms with E-state index in [-0.39, 0.29) is 12.1 Å². The van der Waals surface area contributed by atoms with Crippen LogP contribution in [0.1, 0.15) is 17.4 Å². The number of nitrogens with zero attached hydrogens (tertiary/aromatic N) is 2. The van der Waals surface area contributed by atoms with Gasteiger partial charge >= 0.3 is 0 Å². The van der Waals surface area contributed by atoms with Crippen LogP contribution in [0.3, 0.4) is 0 Å². The van der Waals surface area contributed by atoms with Gasteiger partial charge in [-0.2, -0.15) is 0 Å². The molecule has 0 bridgehead atoms. The molecule has 0 saturated carbocycles. The summed E-state index contributed by atoms with van der Waals surface area (Å²) in [6.45, 7) is 1.70. The SMILES string of the molecule is Cc1nc2ccccc2nc1NCC(O)c1c(F)cccc1F. The Morgan fingerprint density at radius 2 is 1.61 bits per heavy atom. The number of rotatable bonds is 4. The van der Waals surface area contributed by atoms with E-state index < -0.39 is 17.7 Å². The number of fused-ring (bicyclic) bond motifs is 1. The van der Waals surface area contributed by atoms with Crippen molar-refractivity contribution in [3.05, 3.63) is 65.4 Å². The lowest BCUT2D eigenvalue weighted by molar-refractivity contribution is 0.181. The van der Waals surface area contributed by atoms with E-state index in [2.05, 4.69) is 15.3 Å². The van der Waals surface area contributed by atoms with Crippen LogP contribution in [0.2, 0.25) is 0 Å². The highest BCUT2D eigenvalue weighted by Crippen LogP contribution is 2.22. The summed E-state index contributed by atoms with van der Waals surface area (Å²) in [6, 6.07) is 10.9. The quantitative estimate of drug-likeness (QED) is 0.775. The number of nitrogens with one attached hydrogen (secondary N) is 1. The Morgan fingerprint density at radius 1 is 1.00 bits per heavy atom. The van der Waals surface area contributed by atoms with Crippen LogP contribution in [0, 0.1) is 18.6 Å². The molecular formula is C17H15F2N3O. The highest BCUT2D eigenvalue weighted by atomic mass is 19.1. The molecule has 1 aromatic heterocycles. The molecule has 2 aromatic carbocycles. The van der Waals surface area contributed by atoms with E-state index in [0.717, 1.165) is 17.6 Å². The number of aromatic nitrogens is 2. The fraction of sp³-hybridized carbons (Fsp3) is 0.176. The molecule has 0 fully saturated rings. The molecule has 2 N–H and O–H groups in total. The Morgan fingerprint density at radius 3 is 2.26 bits per heavy atom. The summed E-state index contributed by atoms with van der Waals surface area (Å²) in [6.07, 6.45) is -1.33. The van der Waals surface area contributed by atoms with E-state index >= 15 is 0 Å². The maximum absolute atomic E-state index is 13.7. The van der Waals surface area contributed by atoms with Crippen LogP contribution >= 0.6 is 0 Å². The largest absolute Gasteiger partial charge is 0.386 e. The van der Waals surface area contributed by atoms with E-state index in [1.54, 1.807) is 6.92 Å². The van der Waals surface area contributed by atoms with Crippen molar-refractivity contribution < 1.29 is 13.9 Å². The van der Waals surface area contributed by atoms with E-state index in [4.69, 9.17) is 0 Å². The van der Waals surface area contributed by atoms with Gasteiger partial charge in [-0.05, 0) is 31.2 Å². The Kier molecular flexibility index (Phi) is 4.16. The minimum absolute atomic E-state index is 0.0777. The van der Waals surface area contributed by atoms with E-state index in [1.165, 1.54) is 6.07 Å². The third kappa shape index (κ3) is 3.12. The van der Waals surface area contributed by atoms with Crippen LogP contribution in [0.15, 0.2) is 42.5 Å². The first-order chi connectivity index (χ1) is 11.1. The predicted molar refractivity (Wildman–Crippen MR) is 84.1 cm³/mol. The number of hydrogen-bond donors (Lipinski definition) is 2. The van der Waals surface area contributed by atoms with Crippen molar-refractivity contribution in [2.45, 2.75) is 13.0 Å². The second-order valence-electron chi connectivity index (χ2n) is 5.18. The number of hydrogen-bond acceptors (Lipinski definition) is 4. The molecule has 0 radical (unpaired) electrons. The highest BCUT2D eigenvalue weighted by Gasteiger charge is 2.18. The molecular weight excluding hydrogens is 300 g/mol. The number of aliphatic hydroxyl groups is 1. The minimum atomic E-state index is -1.33. The molecule has 4 nitrogen and oxygen atoms in total. The average molecular weight is 315 g/mol. The number of para-hydroxylation sites is 2. The van der Waals surface area contributed by atoms with Crippen LogP contribution in [-0.2, 0) is 0 Å². The second-order valence-corrected chi connectivity index (χ2v) is 5.18. The molecule has 0 amide bonds. The molecule has 0 saturated heterocycles. The van der Waals surface area contributed by atoms with Crippen molar-refractivity contribution in [2.75, 3.05) is 11.9 Å². The summed E-state index contributed by atoms with van der Waals surface area (Å²) in [4.78, 5) is 8.82. The lowest BCUT2D eigenvalue weighted by Gasteiger charge is -2.15. The van der Waals surface area contributed by atoms with Crippen molar-refractivity contribution >= 4 is 16.9 Å². The van der Waals surface area contributed by atoms with Crippen molar-refractivity contribution in [3.8, 4) is 0 Å². The fourth-order valence-electron chi connectivity index (χ4n) is 2.38. The van der Waals surface area contributed by atoms with Gasteiger partial charge in [-0.3, -0.25) is 0 Å². The van der Waals surface area contributed by atoms with E-state index in [9.17, 15) is 13.9 Å². The van der Waals surface area contributed by atoms with Crippen molar-refractivity contribution in [3.63, 3.8) is 0 Å².